The number of nitrogens with zero attached hydrogens (tertiary/aromatic N) is 4. The monoisotopic (exact) mass is 601 g/mol. The third-order valence-corrected chi connectivity index (χ3v) is 9.15. The molecule has 3 aromatic carbocycles. The van der Waals surface area contributed by atoms with Crippen LogP contribution in [0.2, 0.25) is 0 Å². The third-order valence-electron chi connectivity index (χ3n) is 7.75. The number of aromatic nitrogens is 2. The number of piperazine rings is 1. The van der Waals surface area contributed by atoms with Crippen molar-refractivity contribution in [2.45, 2.75) is 36.4 Å². The minimum Gasteiger partial charge on any atom is -0.392 e. The molecule has 0 spiro atoms. The van der Waals surface area contributed by atoms with Crippen LogP contribution in [0.15, 0.2) is 102 Å². The van der Waals surface area contributed by atoms with E-state index in [-0.39, 0.29) is 23.7 Å². The minimum absolute atomic E-state index is 0.0220. The van der Waals surface area contributed by atoms with E-state index >= 15 is 0 Å². The maximum atomic E-state index is 13.0. The summed E-state index contributed by atoms with van der Waals surface area (Å²) in [6, 6.07) is 25.0. The van der Waals surface area contributed by atoms with E-state index in [2.05, 4.69) is 24.5 Å². The molecule has 0 bridgehead atoms. The lowest BCUT2D eigenvalue weighted by Gasteiger charge is -2.40. The molecule has 2 saturated heterocycles. The normalized spacial score (nSPS) is 21.4. The van der Waals surface area contributed by atoms with Gasteiger partial charge in [0.05, 0.1) is 23.7 Å². The number of rotatable bonds is 9. The minimum atomic E-state index is -3.75. The van der Waals surface area contributed by atoms with Gasteiger partial charge in [-0.1, -0.05) is 54.6 Å². The van der Waals surface area contributed by atoms with Crippen molar-refractivity contribution in [1.82, 2.24) is 14.9 Å². The van der Waals surface area contributed by atoms with Crippen LogP contribution in [-0.4, -0.2) is 67.2 Å². The highest BCUT2D eigenvalue weighted by Gasteiger charge is 2.34. The molecule has 43 heavy (non-hydrogen) atoms. The van der Waals surface area contributed by atoms with Crippen molar-refractivity contribution in [3.8, 4) is 0 Å². The molecule has 4 aromatic rings. The lowest BCUT2D eigenvalue weighted by atomic mass is 9.99. The maximum absolute atomic E-state index is 13.0. The van der Waals surface area contributed by atoms with Crippen molar-refractivity contribution in [2.75, 3.05) is 42.3 Å². The van der Waals surface area contributed by atoms with E-state index in [4.69, 9.17) is 9.47 Å². The van der Waals surface area contributed by atoms with Gasteiger partial charge < -0.3 is 19.5 Å². The van der Waals surface area contributed by atoms with E-state index in [1.807, 2.05) is 36.4 Å². The van der Waals surface area contributed by atoms with Crippen molar-refractivity contribution in [1.29, 1.82) is 0 Å². The summed E-state index contributed by atoms with van der Waals surface area (Å²) < 4.78 is 41.6. The standard InChI is InChI=1S/C32H35N5O5S/c38-23-24-10-12-25(13-11-24)30-21-28(22-36-16-18-37(19-17-36)32-33-14-5-15-34-32)41-31(42-30)26-6-4-7-27(20-26)35-43(39,40)29-8-2-1-3-9-29/h1-15,20,28,30-31,35,38H,16-19,21-23H2/t28-,30+,31+/m0/s1. The van der Waals surface area contributed by atoms with Gasteiger partial charge in [0.25, 0.3) is 10.0 Å². The number of benzene rings is 3. The number of aliphatic hydroxyl groups is 1. The van der Waals surface area contributed by atoms with E-state index in [9.17, 15) is 13.5 Å². The summed E-state index contributed by atoms with van der Waals surface area (Å²) in [4.78, 5) is 13.5. The molecule has 0 saturated carbocycles. The summed E-state index contributed by atoms with van der Waals surface area (Å²) in [5.74, 6) is 0.749. The SMILES string of the molecule is O=S(=O)(Nc1cccc([C@@H]2O[C@H](CN3CCN(c4ncccn4)CC3)C[C@H](c3ccc(CO)cc3)O2)c1)c1ccccc1. The van der Waals surface area contributed by atoms with Crippen LogP contribution in [0.5, 0.6) is 0 Å². The topological polar surface area (TPSA) is 117 Å². The van der Waals surface area contributed by atoms with Gasteiger partial charge in [0.1, 0.15) is 0 Å². The van der Waals surface area contributed by atoms with Gasteiger partial charge in [-0.05, 0) is 41.5 Å². The van der Waals surface area contributed by atoms with Gasteiger partial charge in [0.15, 0.2) is 6.29 Å². The number of nitrogens with one attached hydrogen (secondary N) is 1. The molecule has 0 radical (unpaired) electrons. The fourth-order valence-corrected chi connectivity index (χ4v) is 6.54. The highest BCUT2D eigenvalue weighted by atomic mass is 32.2. The van der Waals surface area contributed by atoms with Crippen LogP contribution in [0.4, 0.5) is 11.6 Å². The molecule has 0 aliphatic carbocycles. The van der Waals surface area contributed by atoms with E-state index in [1.165, 1.54) is 0 Å². The molecule has 2 N–H and O–H groups in total. The molecule has 3 atom stereocenters. The molecule has 10 nitrogen and oxygen atoms in total. The van der Waals surface area contributed by atoms with Gasteiger partial charge in [-0.3, -0.25) is 9.62 Å². The number of aliphatic hydroxyl groups excluding tert-OH is 1. The third kappa shape index (κ3) is 7.20. The van der Waals surface area contributed by atoms with Crippen LogP contribution in [0.3, 0.4) is 0 Å². The molecule has 0 unspecified atom stereocenters. The zero-order valence-corrected chi connectivity index (χ0v) is 24.5. The van der Waals surface area contributed by atoms with Crippen LogP contribution in [0.25, 0.3) is 0 Å². The van der Waals surface area contributed by atoms with Crippen LogP contribution in [-0.2, 0) is 26.1 Å². The molecule has 0 amide bonds. The van der Waals surface area contributed by atoms with Crippen LogP contribution in [0, 0.1) is 0 Å². The molecule has 2 aliphatic rings. The highest BCUT2D eigenvalue weighted by molar-refractivity contribution is 7.92. The number of ether oxygens (including phenoxy) is 2. The highest BCUT2D eigenvalue weighted by Crippen LogP contribution is 2.39. The number of sulfonamides is 1. The van der Waals surface area contributed by atoms with Crippen LogP contribution < -0.4 is 9.62 Å². The number of hydrogen-bond donors (Lipinski definition) is 2. The van der Waals surface area contributed by atoms with Gasteiger partial charge >= 0.3 is 0 Å². The molecular weight excluding hydrogens is 566 g/mol. The predicted octanol–water partition coefficient (Wildman–Crippen LogP) is 4.14. The van der Waals surface area contributed by atoms with Gasteiger partial charge in [-0.25, -0.2) is 18.4 Å². The van der Waals surface area contributed by atoms with Gasteiger partial charge in [-0.15, -0.1) is 0 Å². The number of anilines is 2. The fourth-order valence-electron chi connectivity index (χ4n) is 5.47. The Morgan fingerprint density at radius 1 is 0.837 bits per heavy atom. The first-order chi connectivity index (χ1) is 21.0. The fraction of sp³-hybridized carbons (Fsp3) is 0.312. The summed E-state index contributed by atoms with van der Waals surface area (Å²) in [7, 11) is -3.75. The van der Waals surface area contributed by atoms with Crippen molar-refractivity contribution < 1.29 is 23.0 Å². The van der Waals surface area contributed by atoms with Crippen LogP contribution in [0.1, 0.15) is 35.5 Å². The van der Waals surface area contributed by atoms with Crippen molar-refractivity contribution in [2.24, 2.45) is 0 Å². The van der Waals surface area contributed by atoms with Crippen LogP contribution >= 0.6 is 0 Å². The zero-order chi connectivity index (χ0) is 29.6. The second-order valence-corrected chi connectivity index (χ2v) is 12.4. The summed E-state index contributed by atoms with van der Waals surface area (Å²) in [6.07, 6.45) is 3.14. The first-order valence-electron chi connectivity index (χ1n) is 14.4. The molecule has 2 aliphatic heterocycles. The van der Waals surface area contributed by atoms with Gasteiger partial charge in [-0.2, -0.15) is 0 Å². The van der Waals surface area contributed by atoms with Crippen molar-refractivity contribution in [3.05, 3.63) is 114 Å². The van der Waals surface area contributed by atoms with Crippen molar-refractivity contribution >= 4 is 21.7 Å². The van der Waals surface area contributed by atoms with Gasteiger partial charge in [0, 0.05) is 62.8 Å². The molecule has 6 rings (SSSR count). The Kier molecular flexibility index (Phi) is 8.96. The molecule has 2 fully saturated rings. The predicted molar refractivity (Wildman–Crippen MR) is 163 cm³/mol. The lowest BCUT2D eigenvalue weighted by Crippen LogP contribution is -2.50. The average Bonchev–Trinajstić information content (AvgIpc) is 3.06. The first-order valence-corrected chi connectivity index (χ1v) is 15.9. The second-order valence-electron chi connectivity index (χ2n) is 10.7. The van der Waals surface area contributed by atoms with E-state index in [0.29, 0.717) is 12.1 Å². The Hall–Kier alpha value is -3.87. The quantitative estimate of drug-likeness (QED) is 0.292. The summed E-state index contributed by atoms with van der Waals surface area (Å²) in [5.41, 5.74) is 2.99. The Morgan fingerprint density at radius 2 is 1.58 bits per heavy atom. The van der Waals surface area contributed by atoms with Gasteiger partial charge in [0.2, 0.25) is 5.95 Å². The summed E-state index contributed by atoms with van der Waals surface area (Å²) >= 11 is 0. The molecular formula is C32H35N5O5S. The molecule has 1 aromatic heterocycles. The lowest BCUT2D eigenvalue weighted by molar-refractivity contribution is -0.253. The molecule has 11 heteroatoms. The van der Waals surface area contributed by atoms with E-state index in [1.54, 1.807) is 60.9 Å². The summed E-state index contributed by atoms with van der Waals surface area (Å²) in [6.45, 7) is 4.08. The first kappa shape index (κ1) is 29.2. The average molecular weight is 602 g/mol. The Balaban J connectivity index is 1.19. The Labute approximate surface area is 252 Å². The number of hydrogen-bond acceptors (Lipinski definition) is 9. The maximum Gasteiger partial charge on any atom is 0.261 e. The molecule has 3 heterocycles. The molecule has 224 valence electrons. The summed E-state index contributed by atoms with van der Waals surface area (Å²) in [5, 5.41) is 9.51. The van der Waals surface area contributed by atoms with Crippen molar-refractivity contribution in [3.63, 3.8) is 0 Å². The Bertz CT molecular complexity index is 1580. The zero-order valence-electron chi connectivity index (χ0n) is 23.7. The largest absolute Gasteiger partial charge is 0.392 e. The smallest absolute Gasteiger partial charge is 0.261 e. The second kappa shape index (κ2) is 13.2. The van der Waals surface area contributed by atoms with E-state index < -0.39 is 16.3 Å². The van der Waals surface area contributed by atoms with E-state index in [0.717, 1.165) is 55.4 Å². The Morgan fingerprint density at radius 3 is 2.30 bits per heavy atom.